The minimum atomic E-state index is 0.0147. The second kappa shape index (κ2) is 7.32. The van der Waals surface area contributed by atoms with E-state index in [-0.39, 0.29) is 5.91 Å². The number of hydrogen-bond donors (Lipinski definition) is 0. The van der Waals surface area contributed by atoms with Crippen molar-refractivity contribution in [2.45, 2.75) is 13.8 Å². The van der Waals surface area contributed by atoms with Crippen LogP contribution in [0.5, 0.6) is 5.75 Å². The molecule has 2 aromatic carbocycles. The van der Waals surface area contributed by atoms with E-state index in [9.17, 15) is 4.79 Å². The van der Waals surface area contributed by atoms with E-state index in [1.165, 1.54) is 0 Å². The van der Waals surface area contributed by atoms with Crippen LogP contribution in [0.1, 0.15) is 21.5 Å². The highest BCUT2D eigenvalue weighted by molar-refractivity contribution is 6.30. The molecule has 0 aliphatic heterocycles. The molecule has 0 unspecified atom stereocenters. The van der Waals surface area contributed by atoms with Gasteiger partial charge in [-0.15, -0.1) is 0 Å². The van der Waals surface area contributed by atoms with Crippen LogP contribution in [0, 0.1) is 13.8 Å². The monoisotopic (exact) mass is 317 g/mol. The molecule has 22 heavy (non-hydrogen) atoms. The SMILES string of the molecule is Cc1cccc(C(=O)N(C)CCOc2ccc(Cl)cc2)c1C. The highest BCUT2D eigenvalue weighted by atomic mass is 35.5. The fourth-order valence-electron chi connectivity index (χ4n) is 2.12. The Balaban J connectivity index is 1.91. The largest absolute Gasteiger partial charge is 0.492 e. The number of amides is 1. The minimum Gasteiger partial charge on any atom is -0.492 e. The van der Waals surface area contributed by atoms with Crippen LogP contribution in [0.25, 0.3) is 0 Å². The van der Waals surface area contributed by atoms with Crippen LogP contribution in [0.3, 0.4) is 0 Å². The first-order chi connectivity index (χ1) is 10.5. The molecule has 3 nitrogen and oxygen atoms in total. The molecule has 0 aliphatic carbocycles. The van der Waals surface area contributed by atoms with Crippen LogP contribution in [-0.2, 0) is 0 Å². The van der Waals surface area contributed by atoms with Crippen molar-refractivity contribution in [3.05, 3.63) is 64.2 Å². The summed E-state index contributed by atoms with van der Waals surface area (Å²) in [4.78, 5) is 14.1. The number of hydrogen-bond acceptors (Lipinski definition) is 2. The first kappa shape index (κ1) is 16.4. The molecular weight excluding hydrogens is 298 g/mol. The van der Waals surface area contributed by atoms with Crippen LogP contribution < -0.4 is 4.74 Å². The molecule has 0 saturated heterocycles. The molecule has 116 valence electrons. The number of ether oxygens (including phenoxy) is 1. The normalized spacial score (nSPS) is 10.4. The average molecular weight is 318 g/mol. The van der Waals surface area contributed by atoms with Crippen LogP contribution >= 0.6 is 11.6 Å². The van der Waals surface area contributed by atoms with Gasteiger partial charge in [0.25, 0.3) is 5.91 Å². The number of carbonyl (C=O) groups excluding carboxylic acids is 1. The number of halogens is 1. The van der Waals surface area contributed by atoms with Gasteiger partial charge >= 0.3 is 0 Å². The Hall–Kier alpha value is -2.00. The van der Waals surface area contributed by atoms with E-state index in [4.69, 9.17) is 16.3 Å². The second-order valence-electron chi connectivity index (χ2n) is 5.28. The Morgan fingerprint density at radius 2 is 1.82 bits per heavy atom. The average Bonchev–Trinajstić information content (AvgIpc) is 2.51. The Morgan fingerprint density at radius 3 is 2.50 bits per heavy atom. The summed E-state index contributed by atoms with van der Waals surface area (Å²) in [5.41, 5.74) is 2.89. The number of carbonyl (C=O) groups is 1. The van der Waals surface area contributed by atoms with Gasteiger partial charge in [0, 0.05) is 17.6 Å². The molecule has 2 aromatic rings. The summed E-state index contributed by atoms with van der Waals surface area (Å²) >= 11 is 5.82. The van der Waals surface area contributed by atoms with Crippen LogP contribution in [0.4, 0.5) is 0 Å². The third-order valence-corrected chi connectivity index (χ3v) is 3.94. The summed E-state index contributed by atoms with van der Waals surface area (Å²) in [7, 11) is 1.79. The maximum atomic E-state index is 12.5. The predicted octanol–water partition coefficient (Wildman–Crippen LogP) is 4.11. The Labute approximate surface area is 136 Å². The van der Waals surface area contributed by atoms with Gasteiger partial charge in [0.05, 0.1) is 6.54 Å². The van der Waals surface area contributed by atoms with E-state index in [2.05, 4.69) is 0 Å². The first-order valence-corrected chi connectivity index (χ1v) is 7.57. The standard InChI is InChI=1S/C18H20ClNO2/c1-13-5-4-6-17(14(13)2)18(21)20(3)11-12-22-16-9-7-15(19)8-10-16/h4-10H,11-12H2,1-3H3. The number of nitrogens with zero attached hydrogens (tertiary/aromatic N) is 1. The molecule has 0 bridgehead atoms. The van der Waals surface area contributed by atoms with Crippen molar-refractivity contribution in [1.29, 1.82) is 0 Å². The number of aryl methyl sites for hydroxylation is 1. The van der Waals surface area contributed by atoms with Crippen molar-refractivity contribution in [1.82, 2.24) is 4.90 Å². The summed E-state index contributed by atoms with van der Waals surface area (Å²) in [5.74, 6) is 0.762. The second-order valence-corrected chi connectivity index (χ2v) is 5.71. The smallest absolute Gasteiger partial charge is 0.253 e. The van der Waals surface area contributed by atoms with Crippen molar-refractivity contribution >= 4 is 17.5 Å². The van der Waals surface area contributed by atoms with Crippen molar-refractivity contribution in [3.63, 3.8) is 0 Å². The van der Waals surface area contributed by atoms with Gasteiger partial charge in [-0.05, 0) is 55.3 Å². The van der Waals surface area contributed by atoms with Gasteiger partial charge in [0.2, 0.25) is 0 Å². The van der Waals surface area contributed by atoms with Crippen LogP contribution in [0.2, 0.25) is 5.02 Å². The van der Waals surface area contributed by atoms with Crippen molar-refractivity contribution in [2.75, 3.05) is 20.2 Å². The zero-order valence-corrected chi connectivity index (χ0v) is 13.9. The fourth-order valence-corrected chi connectivity index (χ4v) is 2.25. The van der Waals surface area contributed by atoms with E-state index in [0.717, 1.165) is 22.4 Å². The third-order valence-electron chi connectivity index (χ3n) is 3.69. The molecule has 0 saturated carbocycles. The van der Waals surface area contributed by atoms with Gasteiger partial charge in [-0.25, -0.2) is 0 Å². The Bertz CT molecular complexity index is 653. The molecule has 0 radical (unpaired) electrons. The molecule has 4 heteroatoms. The van der Waals surface area contributed by atoms with Crippen LogP contribution in [-0.4, -0.2) is 31.0 Å². The molecule has 0 aromatic heterocycles. The molecule has 0 spiro atoms. The molecule has 2 rings (SSSR count). The lowest BCUT2D eigenvalue weighted by Crippen LogP contribution is -2.31. The highest BCUT2D eigenvalue weighted by Gasteiger charge is 2.14. The molecule has 0 fully saturated rings. The first-order valence-electron chi connectivity index (χ1n) is 7.19. The highest BCUT2D eigenvalue weighted by Crippen LogP contribution is 2.16. The lowest BCUT2D eigenvalue weighted by Gasteiger charge is -2.19. The van der Waals surface area contributed by atoms with Gasteiger partial charge in [-0.3, -0.25) is 4.79 Å². The Kier molecular flexibility index (Phi) is 5.45. The van der Waals surface area contributed by atoms with E-state index < -0.39 is 0 Å². The van der Waals surface area contributed by atoms with Gasteiger partial charge < -0.3 is 9.64 Å². The molecule has 0 heterocycles. The zero-order chi connectivity index (χ0) is 16.1. The lowest BCUT2D eigenvalue weighted by atomic mass is 10.0. The van der Waals surface area contributed by atoms with E-state index in [1.54, 1.807) is 24.1 Å². The third kappa shape index (κ3) is 4.01. The summed E-state index contributed by atoms with van der Waals surface area (Å²) in [5, 5.41) is 0.676. The molecule has 0 aliphatic rings. The summed E-state index contributed by atoms with van der Waals surface area (Å²) in [6, 6.07) is 13.0. The predicted molar refractivity (Wildman–Crippen MR) is 89.8 cm³/mol. The van der Waals surface area contributed by atoms with Crippen LogP contribution in [0.15, 0.2) is 42.5 Å². The fraction of sp³-hybridized carbons (Fsp3) is 0.278. The van der Waals surface area contributed by atoms with Crippen molar-refractivity contribution in [3.8, 4) is 5.75 Å². The van der Waals surface area contributed by atoms with E-state index in [1.807, 2.05) is 44.2 Å². The quantitative estimate of drug-likeness (QED) is 0.830. The maximum absolute atomic E-state index is 12.5. The molecular formula is C18H20ClNO2. The molecule has 0 N–H and O–H groups in total. The van der Waals surface area contributed by atoms with Gasteiger partial charge in [-0.2, -0.15) is 0 Å². The number of benzene rings is 2. The van der Waals surface area contributed by atoms with E-state index in [0.29, 0.717) is 18.2 Å². The minimum absolute atomic E-state index is 0.0147. The molecule has 1 amide bonds. The maximum Gasteiger partial charge on any atom is 0.253 e. The molecule has 0 atom stereocenters. The lowest BCUT2D eigenvalue weighted by molar-refractivity contribution is 0.0773. The topological polar surface area (TPSA) is 29.5 Å². The summed E-state index contributed by atoms with van der Waals surface area (Å²) in [6.45, 7) is 4.94. The van der Waals surface area contributed by atoms with Crippen molar-refractivity contribution in [2.24, 2.45) is 0 Å². The van der Waals surface area contributed by atoms with Gasteiger partial charge in [0.15, 0.2) is 0 Å². The van der Waals surface area contributed by atoms with Gasteiger partial charge in [0.1, 0.15) is 12.4 Å². The zero-order valence-electron chi connectivity index (χ0n) is 13.1. The summed E-state index contributed by atoms with van der Waals surface area (Å²) < 4.78 is 5.62. The summed E-state index contributed by atoms with van der Waals surface area (Å²) in [6.07, 6.45) is 0. The van der Waals surface area contributed by atoms with Crippen molar-refractivity contribution < 1.29 is 9.53 Å². The Morgan fingerprint density at radius 1 is 1.14 bits per heavy atom. The number of likely N-dealkylation sites (N-methyl/N-ethyl adjacent to an activating group) is 1. The van der Waals surface area contributed by atoms with Gasteiger partial charge in [-0.1, -0.05) is 23.7 Å². The number of rotatable bonds is 5. The van der Waals surface area contributed by atoms with E-state index >= 15 is 0 Å².